The Balaban J connectivity index is 2.06. The lowest BCUT2D eigenvalue weighted by molar-refractivity contribution is -0.140. The van der Waals surface area contributed by atoms with Crippen LogP contribution in [0.2, 0.25) is 0 Å². The van der Waals surface area contributed by atoms with Crippen LogP contribution in [-0.4, -0.2) is 44.3 Å². The zero-order chi connectivity index (χ0) is 29.4. The highest BCUT2D eigenvalue weighted by molar-refractivity contribution is 7.92. The minimum absolute atomic E-state index is 0.0982. The van der Waals surface area contributed by atoms with Crippen molar-refractivity contribution < 1.29 is 18.0 Å². The van der Waals surface area contributed by atoms with Gasteiger partial charge in [0.1, 0.15) is 12.6 Å². The summed E-state index contributed by atoms with van der Waals surface area (Å²) in [6.07, 6.45) is 0.385. The maximum atomic E-state index is 14.1. The molecule has 3 aromatic carbocycles. The Morgan fingerprint density at radius 1 is 0.875 bits per heavy atom. The number of nitrogens with zero attached hydrogens (tertiary/aromatic N) is 2. The van der Waals surface area contributed by atoms with Gasteiger partial charge in [-0.05, 0) is 62.4 Å². The number of anilines is 1. The van der Waals surface area contributed by atoms with E-state index in [2.05, 4.69) is 5.32 Å². The molecule has 8 heteroatoms. The quantitative estimate of drug-likeness (QED) is 0.320. The lowest BCUT2D eigenvalue weighted by Gasteiger charge is -2.33. The number of carbonyl (C=O) groups excluding carboxylic acids is 2. The predicted molar refractivity (Wildman–Crippen MR) is 161 cm³/mol. The molecule has 0 fully saturated rings. The van der Waals surface area contributed by atoms with Crippen molar-refractivity contribution in [3.05, 3.63) is 95.1 Å². The van der Waals surface area contributed by atoms with Gasteiger partial charge >= 0.3 is 0 Å². The predicted octanol–water partition coefficient (Wildman–Crippen LogP) is 5.39. The molecule has 0 saturated carbocycles. The van der Waals surface area contributed by atoms with Crippen LogP contribution >= 0.6 is 0 Å². The Labute approximate surface area is 239 Å². The number of amides is 2. The first kappa shape index (κ1) is 30.9. The molecular weight excluding hydrogens is 522 g/mol. The molecule has 0 aliphatic rings. The Hall–Kier alpha value is -3.65. The number of nitrogens with one attached hydrogen (secondary N) is 1. The van der Waals surface area contributed by atoms with Crippen LogP contribution in [0.25, 0.3) is 0 Å². The van der Waals surface area contributed by atoms with Crippen molar-refractivity contribution in [1.82, 2.24) is 10.2 Å². The Bertz CT molecular complexity index is 1420. The molecule has 2 amide bonds. The van der Waals surface area contributed by atoms with Gasteiger partial charge < -0.3 is 10.2 Å². The van der Waals surface area contributed by atoms with E-state index in [4.69, 9.17) is 0 Å². The van der Waals surface area contributed by atoms with Gasteiger partial charge in [0, 0.05) is 13.1 Å². The van der Waals surface area contributed by atoms with Crippen LogP contribution in [0.1, 0.15) is 49.4 Å². The fourth-order valence-electron chi connectivity index (χ4n) is 4.54. The topological polar surface area (TPSA) is 86.8 Å². The first-order valence-electron chi connectivity index (χ1n) is 13.7. The smallest absolute Gasteiger partial charge is 0.264 e. The van der Waals surface area contributed by atoms with Gasteiger partial charge in [-0.3, -0.25) is 13.9 Å². The van der Waals surface area contributed by atoms with Gasteiger partial charge in [0.15, 0.2) is 0 Å². The number of rotatable bonds is 12. The molecule has 0 bridgehead atoms. The SMILES string of the molecule is CC[C@H](C(=O)NCC(C)C)N(Cc1cccc(C)c1)C(=O)CN(c1ccccc1C)S(=O)(=O)c1ccc(C)cc1. The molecule has 0 aliphatic heterocycles. The van der Waals surface area contributed by atoms with Crippen molar-refractivity contribution in [2.24, 2.45) is 5.92 Å². The first-order chi connectivity index (χ1) is 18.9. The summed E-state index contributed by atoms with van der Waals surface area (Å²) < 4.78 is 29.1. The molecule has 40 heavy (non-hydrogen) atoms. The molecular formula is C32H41N3O4S. The number of benzene rings is 3. The average Bonchev–Trinajstić information content (AvgIpc) is 2.91. The minimum atomic E-state index is -4.09. The lowest BCUT2D eigenvalue weighted by atomic mass is 10.1. The van der Waals surface area contributed by atoms with E-state index >= 15 is 0 Å². The third-order valence-electron chi connectivity index (χ3n) is 6.78. The second-order valence-electron chi connectivity index (χ2n) is 10.7. The molecule has 0 aromatic heterocycles. The summed E-state index contributed by atoms with van der Waals surface area (Å²) in [5.74, 6) is -0.452. The number of aryl methyl sites for hydroxylation is 3. The molecule has 214 valence electrons. The van der Waals surface area contributed by atoms with Crippen LogP contribution in [0, 0.1) is 26.7 Å². The van der Waals surface area contributed by atoms with Crippen molar-refractivity contribution in [3.8, 4) is 0 Å². The van der Waals surface area contributed by atoms with Gasteiger partial charge in [0.25, 0.3) is 10.0 Å². The maximum Gasteiger partial charge on any atom is 0.264 e. The normalized spacial score (nSPS) is 12.2. The lowest BCUT2D eigenvalue weighted by Crippen LogP contribution is -2.52. The van der Waals surface area contributed by atoms with E-state index in [0.717, 1.165) is 26.6 Å². The number of hydrogen-bond donors (Lipinski definition) is 1. The van der Waals surface area contributed by atoms with Crippen molar-refractivity contribution in [2.75, 3.05) is 17.4 Å². The average molecular weight is 564 g/mol. The second kappa shape index (κ2) is 13.6. The number of hydrogen-bond acceptors (Lipinski definition) is 4. The monoisotopic (exact) mass is 563 g/mol. The van der Waals surface area contributed by atoms with E-state index in [1.165, 1.54) is 4.90 Å². The molecule has 3 aromatic rings. The van der Waals surface area contributed by atoms with Gasteiger partial charge in [0.05, 0.1) is 10.6 Å². The van der Waals surface area contributed by atoms with Gasteiger partial charge in [-0.25, -0.2) is 8.42 Å². The van der Waals surface area contributed by atoms with Gasteiger partial charge in [-0.1, -0.05) is 86.5 Å². The fourth-order valence-corrected chi connectivity index (χ4v) is 6.02. The van der Waals surface area contributed by atoms with Crippen molar-refractivity contribution in [3.63, 3.8) is 0 Å². The number of para-hydroxylation sites is 1. The summed E-state index contributed by atoms with van der Waals surface area (Å²) in [6.45, 7) is 11.8. The molecule has 0 spiro atoms. The van der Waals surface area contributed by atoms with E-state index in [0.29, 0.717) is 18.7 Å². The Morgan fingerprint density at radius 3 is 2.15 bits per heavy atom. The van der Waals surface area contributed by atoms with Crippen LogP contribution in [0.3, 0.4) is 0 Å². The molecule has 0 heterocycles. The first-order valence-corrected chi connectivity index (χ1v) is 15.2. The third kappa shape index (κ3) is 7.72. The highest BCUT2D eigenvalue weighted by Gasteiger charge is 2.34. The maximum absolute atomic E-state index is 14.1. The van der Waals surface area contributed by atoms with Crippen molar-refractivity contribution >= 4 is 27.5 Å². The van der Waals surface area contributed by atoms with Crippen LogP contribution in [-0.2, 0) is 26.2 Å². The summed E-state index contributed by atoms with van der Waals surface area (Å²) in [7, 11) is -4.09. The zero-order valence-electron chi connectivity index (χ0n) is 24.3. The second-order valence-corrected chi connectivity index (χ2v) is 12.5. The van der Waals surface area contributed by atoms with Gasteiger partial charge in [-0.2, -0.15) is 0 Å². The summed E-state index contributed by atoms with van der Waals surface area (Å²) in [5.41, 5.74) is 3.97. The fraction of sp³-hybridized carbons (Fsp3) is 0.375. The molecule has 7 nitrogen and oxygen atoms in total. The van der Waals surface area contributed by atoms with E-state index in [-0.39, 0.29) is 23.3 Å². The zero-order valence-corrected chi connectivity index (χ0v) is 25.2. The van der Waals surface area contributed by atoms with Crippen molar-refractivity contribution in [2.45, 2.75) is 65.4 Å². The molecule has 0 unspecified atom stereocenters. The van der Waals surface area contributed by atoms with E-state index in [1.54, 1.807) is 36.4 Å². The van der Waals surface area contributed by atoms with Crippen LogP contribution in [0.15, 0.2) is 77.7 Å². The minimum Gasteiger partial charge on any atom is -0.354 e. The molecule has 1 N–H and O–H groups in total. The van der Waals surface area contributed by atoms with Crippen molar-refractivity contribution in [1.29, 1.82) is 0 Å². The third-order valence-corrected chi connectivity index (χ3v) is 8.55. The van der Waals surface area contributed by atoms with E-state index in [9.17, 15) is 18.0 Å². The van der Waals surface area contributed by atoms with Gasteiger partial charge in [0.2, 0.25) is 11.8 Å². The van der Waals surface area contributed by atoms with Crippen LogP contribution in [0.4, 0.5) is 5.69 Å². The van der Waals surface area contributed by atoms with E-state index < -0.39 is 28.5 Å². The molecule has 3 rings (SSSR count). The molecule has 0 aliphatic carbocycles. The molecule has 0 saturated heterocycles. The Morgan fingerprint density at radius 2 is 1.55 bits per heavy atom. The standard InChI is InChI=1S/C32H41N3O4S/c1-7-29(32(37)33-20-23(2)3)34(21-27-13-10-11-25(5)19-27)31(36)22-35(30-14-9-8-12-26(30)6)40(38,39)28-17-15-24(4)16-18-28/h8-19,23,29H,7,20-22H2,1-6H3,(H,33,37)/t29-/m1/s1. The molecule has 1 atom stereocenters. The van der Waals surface area contributed by atoms with Crippen LogP contribution in [0.5, 0.6) is 0 Å². The summed E-state index contributed by atoms with van der Waals surface area (Å²) in [6, 6.07) is 20.7. The highest BCUT2D eigenvalue weighted by Crippen LogP contribution is 2.28. The summed E-state index contributed by atoms with van der Waals surface area (Å²) in [5, 5.41) is 2.96. The molecule has 0 radical (unpaired) electrons. The number of carbonyl (C=O) groups is 2. The largest absolute Gasteiger partial charge is 0.354 e. The Kier molecular flexibility index (Phi) is 10.5. The highest BCUT2D eigenvalue weighted by atomic mass is 32.2. The van der Waals surface area contributed by atoms with Crippen LogP contribution < -0.4 is 9.62 Å². The van der Waals surface area contributed by atoms with E-state index in [1.807, 2.05) is 77.9 Å². The summed E-state index contributed by atoms with van der Waals surface area (Å²) in [4.78, 5) is 29.1. The summed E-state index contributed by atoms with van der Waals surface area (Å²) >= 11 is 0. The van der Waals surface area contributed by atoms with Gasteiger partial charge in [-0.15, -0.1) is 0 Å². The number of sulfonamides is 1.